The molecule has 82 valence electrons. The molecule has 0 aliphatic carbocycles. The second-order valence-corrected chi connectivity index (χ2v) is 5.17. The zero-order valence-electron chi connectivity index (χ0n) is 9.92. The van der Waals surface area contributed by atoms with Crippen LogP contribution in [0.5, 0.6) is 0 Å². The van der Waals surface area contributed by atoms with Crippen LogP contribution in [0.15, 0.2) is 0 Å². The van der Waals surface area contributed by atoms with Gasteiger partial charge in [0.15, 0.2) is 0 Å². The average molecular weight is 197 g/mol. The van der Waals surface area contributed by atoms with Crippen LogP contribution in [0.4, 0.5) is 0 Å². The van der Waals surface area contributed by atoms with E-state index in [-0.39, 0.29) is 0 Å². The maximum Gasteiger partial charge on any atom is 0.222 e. The van der Waals surface area contributed by atoms with Gasteiger partial charge < -0.3 is 4.90 Å². The normalized spacial score (nSPS) is 23.7. The Kier molecular flexibility index (Phi) is 3.97. The van der Waals surface area contributed by atoms with Crippen molar-refractivity contribution in [3.8, 4) is 0 Å². The third kappa shape index (κ3) is 3.00. The number of piperidine rings is 1. The predicted molar refractivity (Wildman–Crippen MR) is 59.0 cm³/mol. The molecule has 0 aromatic rings. The number of carbonyl (C=O) groups excluding carboxylic acids is 1. The Morgan fingerprint density at radius 3 is 2.50 bits per heavy atom. The summed E-state index contributed by atoms with van der Waals surface area (Å²) in [6.45, 7) is 9.71. The van der Waals surface area contributed by atoms with Crippen molar-refractivity contribution in [3.05, 3.63) is 0 Å². The van der Waals surface area contributed by atoms with Crippen LogP contribution in [-0.2, 0) is 4.79 Å². The minimum atomic E-state index is 0.347. The van der Waals surface area contributed by atoms with E-state index in [1.807, 2.05) is 4.90 Å². The molecule has 0 N–H and O–H groups in total. The van der Waals surface area contributed by atoms with Crippen molar-refractivity contribution in [2.75, 3.05) is 6.54 Å². The van der Waals surface area contributed by atoms with Crippen LogP contribution in [0.3, 0.4) is 0 Å². The molecule has 14 heavy (non-hydrogen) atoms. The van der Waals surface area contributed by atoms with Gasteiger partial charge in [-0.2, -0.15) is 0 Å². The van der Waals surface area contributed by atoms with E-state index in [9.17, 15) is 4.79 Å². The zero-order valence-corrected chi connectivity index (χ0v) is 9.92. The minimum Gasteiger partial charge on any atom is -0.340 e. The highest BCUT2D eigenvalue weighted by Crippen LogP contribution is 2.24. The second-order valence-electron chi connectivity index (χ2n) is 5.17. The zero-order chi connectivity index (χ0) is 10.7. The average Bonchev–Trinajstić information content (AvgIpc) is 2.07. The van der Waals surface area contributed by atoms with Gasteiger partial charge in [0.25, 0.3) is 0 Å². The van der Waals surface area contributed by atoms with E-state index < -0.39 is 0 Å². The molecule has 1 aliphatic rings. The maximum atomic E-state index is 11.6. The Morgan fingerprint density at radius 1 is 1.36 bits per heavy atom. The van der Waals surface area contributed by atoms with E-state index in [0.29, 0.717) is 11.9 Å². The molecule has 1 fully saturated rings. The number of rotatable bonds is 3. The van der Waals surface area contributed by atoms with Crippen molar-refractivity contribution in [1.82, 2.24) is 4.90 Å². The standard InChI is InChI=1S/C12H23NO/c1-9(2)7-11-5-6-12(14)13(8-11)10(3)4/h9-11H,5-8H2,1-4H3. The Morgan fingerprint density at radius 2 is 2.00 bits per heavy atom. The summed E-state index contributed by atoms with van der Waals surface area (Å²) in [6, 6.07) is 0.373. The van der Waals surface area contributed by atoms with Crippen molar-refractivity contribution >= 4 is 5.91 Å². The van der Waals surface area contributed by atoms with Gasteiger partial charge in [-0.15, -0.1) is 0 Å². The van der Waals surface area contributed by atoms with E-state index in [2.05, 4.69) is 27.7 Å². The Hall–Kier alpha value is -0.530. The Bertz CT molecular complexity index is 198. The van der Waals surface area contributed by atoms with Crippen molar-refractivity contribution in [2.45, 2.75) is 53.0 Å². The summed E-state index contributed by atoms with van der Waals surface area (Å²) < 4.78 is 0. The first-order chi connectivity index (χ1) is 6.50. The predicted octanol–water partition coefficient (Wildman–Crippen LogP) is 2.68. The van der Waals surface area contributed by atoms with Crippen LogP contribution in [0.2, 0.25) is 0 Å². The van der Waals surface area contributed by atoms with Gasteiger partial charge in [0.05, 0.1) is 0 Å². The summed E-state index contributed by atoms with van der Waals surface area (Å²) in [6.07, 6.45) is 3.12. The third-order valence-electron chi connectivity index (χ3n) is 2.97. The summed E-state index contributed by atoms with van der Waals surface area (Å²) in [5.41, 5.74) is 0. The van der Waals surface area contributed by atoms with Crippen LogP contribution in [-0.4, -0.2) is 23.4 Å². The van der Waals surface area contributed by atoms with Gasteiger partial charge in [0.1, 0.15) is 0 Å². The molecule has 1 rings (SSSR count). The number of carbonyl (C=O) groups is 1. The van der Waals surface area contributed by atoms with Crippen LogP contribution >= 0.6 is 0 Å². The lowest BCUT2D eigenvalue weighted by molar-refractivity contribution is -0.136. The van der Waals surface area contributed by atoms with E-state index in [4.69, 9.17) is 0 Å². The lowest BCUT2D eigenvalue weighted by Gasteiger charge is -2.36. The lowest BCUT2D eigenvalue weighted by Crippen LogP contribution is -2.44. The summed E-state index contributed by atoms with van der Waals surface area (Å²) in [5.74, 6) is 1.83. The van der Waals surface area contributed by atoms with Gasteiger partial charge in [-0.05, 0) is 38.5 Å². The Balaban J connectivity index is 2.49. The van der Waals surface area contributed by atoms with Gasteiger partial charge >= 0.3 is 0 Å². The molecule has 0 radical (unpaired) electrons. The third-order valence-corrected chi connectivity index (χ3v) is 2.97. The highest BCUT2D eigenvalue weighted by Gasteiger charge is 2.27. The number of hydrogen-bond donors (Lipinski definition) is 0. The molecule has 1 unspecified atom stereocenters. The second kappa shape index (κ2) is 4.81. The summed E-state index contributed by atoms with van der Waals surface area (Å²) >= 11 is 0. The quantitative estimate of drug-likeness (QED) is 0.681. The molecule has 1 atom stereocenters. The van der Waals surface area contributed by atoms with E-state index in [1.165, 1.54) is 6.42 Å². The van der Waals surface area contributed by atoms with Crippen molar-refractivity contribution in [1.29, 1.82) is 0 Å². The molecule has 1 heterocycles. The smallest absolute Gasteiger partial charge is 0.222 e. The summed E-state index contributed by atoms with van der Waals surface area (Å²) in [4.78, 5) is 13.6. The molecule has 0 bridgehead atoms. The number of hydrogen-bond acceptors (Lipinski definition) is 1. The molecule has 1 aliphatic heterocycles. The topological polar surface area (TPSA) is 20.3 Å². The fourth-order valence-electron chi connectivity index (χ4n) is 2.30. The van der Waals surface area contributed by atoms with Gasteiger partial charge in [-0.1, -0.05) is 13.8 Å². The number of nitrogens with zero attached hydrogens (tertiary/aromatic N) is 1. The highest BCUT2D eigenvalue weighted by molar-refractivity contribution is 5.77. The minimum absolute atomic E-state index is 0.347. The molecule has 0 aromatic carbocycles. The fraction of sp³-hybridized carbons (Fsp3) is 0.917. The molecule has 2 heteroatoms. The van der Waals surface area contributed by atoms with Crippen LogP contribution < -0.4 is 0 Å². The SMILES string of the molecule is CC(C)CC1CCC(=O)N(C(C)C)C1. The molecule has 0 aromatic heterocycles. The fourth-order valence-corrected chi connectivity index (χ4v) is 2.30. The first-order valence-corrected chi connectivity index (χ1v) is 5.80. The van der Waals surface area contributed by atoms with Crippen LogP contribution in [0.25, 0.3) is 0 Å². The van der Waals surface area contributed by atoms with Gasteiger partial charge in [0.2, 0.25) is 5.91 Å². The van der Waals surface area contributed by atoms with Crippen molar-refractivity contribution in [3.63, 3.8) is 0 Å². The van der Waals surface area contributed by atoms with Crippen LogP contribution in [0.1, 0.15) is 47.0 Å². The van der Waals surface area contributed by atoms with Gasteiger partial charge in [0, 0.05) is 19.0 Å². The first-order valence-electron chi connectivity index (χ1n) is 5.80. The largest absolute Gasteiger partial charge is 0.340 e. The highest BCUT2D eigenvalue weighted by atomic mass is 16.2. The lowest BCUT2D eigenvalue weighted by atomic mass is 9.89. The number of amides is 1. The summed E-state index contributed by atoms with van der Waals surface area (Å²) in [7, 11) is 0. The monoisotopic (exact) mass is 197 g/mol. The maximum absolute atomic E-state index is 11.6. The molecular weight excluding hydrogens is 174 g/mol. The molecule has 0 spiro atoms. The Labute approximate surface area is 87.7 Å². The molecular formula is C12H23NO. The molecule has 1 amide bonds. The van der Waals surface area contributed by atoms with Crippen molar-refractivity contribution in [2.24, 2.45) is 11.8 Å². The van der Waals surface area contributed by atoms with E-state index >= 15 is 0 Å². The number of likely N-dealkylation sites (tertiary alicyclic amines) is 1. The summed E-state index contributed by atoms with van der Waals surface area (Å²) in [5, 5.41) is 0. The first kappa shape index (κ1) is 11.5. The van der Waals surface area contributed by atoms with E-state index in [1.54, 1.807) is 0 Å². The van der Waals surface area contributed by atoms with E-state index in [0.717, 1.165) is 31.2 Å². The molecule has 1 saturated heterocycles. The molecule has 0 saturated carbocycles. The van der Waals surface area contributed by atoms with Gasteiger partial charge in [-0.3, -0.25) is 4.79 Å². The molecule has 2 nitrogen and oxygen atoms in total. The van der Waals surface area contributed by atoms with Crippen molar-refractivity contribution < 1.29 is 4.79 Å². The van der Waals surface area contributed by atoms with Crippen LogP contribution in [0, 0.1) is 11.8 Å². The van der Waals surface area contributed by atoms with Gasteiger partial charge in [-0.25, -0.2) is 0 Å².